The molecule has 2 aliphatic rings. The van der Waals surface area contributed by atoms with Gasteiger partial charge in [-0.3, -0.25) is 10.2 Å². The van der Waals surface area contributed by atoms with Gasteiger partial charge in [-0.25, -0.2) is 9.98 Å². The highest BCUT2D eigenvalue weighted by Crippen LogP contribution is 2.56. The van der Waals surface area contributed by atoms with E-state index in [4.69, 9.17) is 16.3 Å². The van der Waals surface area contributed by atoms with Crippen LogP contribution in [0.25, 0.3) is 10.3 Å². The Hall–Kier alpha value is -1.44. The summed E-state index contributed by atoms with van der Waals surface area (Å²) in [5.74, 6) is 0.787. The first-order valence-electron chi connectivity index (χ1n) is 7.64. The van der Waals surface area contributed by atoms with Gasteiger partial charge in [-0.15, -0.1) is 0 Å². The lowest BCUT2D eigenvalue weighted by Crippen LogP contribution is -2.52. The number of thiazole rings is 1. The van der Waals surface area contributed by atoms with E-state index in [1.165, 1.54) is 24.2 Å². The summed E-state index contributed by atoms with van der Waals surface area (Å²) in [5.41, 5.74) is 1.08. The minimum Gasteiger partial charge on any atom is -0.449 e. The molecule has 0 amide bonds. The zero-order valence-corrected chi connectivity index (χ0v) is 14.6. The van der Waals surface area contributed by atoms with Crippen LogP contribution in [0.2, 0.25) is 5.02 Å². The second kappa shape index (κ2) is 5.58. The fraction of sp³-hybridized carbons (Fsp3) is 0.533. The Morgan fingerprint density at radius 2 is 2.48 bits per heavy atom. The van der Waals surface area contributed by atoms with Gasteiger partial charge in [-0.1, -0.05) is 29.9 Å². The topological polar surface area (TPSA) is 62.6 Å². The van der Waals surface area contributed by atoms with Crippen LogP contribution in [-0.2, 0) is 4.74 Å². The molecular weight excluding hydrogens is 334 g/mol. The van der Waals surface area contributed by atoms with Crippen LogP contribution >= 0.6 is 22.9 Å². The van der Waals surface area contributed by atoms with E-state index >= 15 is 0 Å². The van der Waals surface area contributed by atoms with Crippen LogP contribution in [0.15, 0.2) is 17.3 Å². The van der Waals surface area contributed by atoms with E-state index in [1.807, 2.05) is 6.07 Å². The molecule has 0 aromatic carbocycles. The van der Waals surface area contributed by atoms with Gasteiger partial charge in [0, 0.05) is 25.3 Å². The molecule has 2 aromatic heterocycles. The highest BCUT2D eigenvalue weighted by Gasteiger charge is 2.60. The van der Waals surface area contributed by atoms with Gasteiger partial charge in [-0.2, -0.15) is 4.98 Å². The number of hydrogen-bond donors (Lipinski definition) is 1. The Morgan fingerprint density at radius 3 is 3.13 bits per heavy atom. The molecular formula is C15H18ClN5OS. The number of aromatic nitrogens is 2. The maximum Gasteiger partial charge on any atom is 0.292 e. The summed E-state index contributed by atoms with van der Waals surface area (Å²) in [6.07, 6.45) is 4.17. The van der Waals surface area contributed by atoms with Crippen molar-refractivity contribution in [2.75, 3.05) is 25.6 Å². The van der Waals surface area contributed by atoms with E-state index in [-0.39, 0.29) is 0 Å². The molecule has 1 aliphatic heterocycles. The Bertz CT molecular complexity index is 774. The summed E-state index contributed by atoms with van der Waals surface area (Å²) in [6.45, 7) is 3.97. The van der Waals surface area contributed by atoms with Crippen molar-refractivity contribution in [2.24, 2.45) is 10.9 Å². The van der Waals surface area contributed by atoms with Crippen LogP contribution in [-0.4, -0.2) is 46.8 Å². The fourth-order valence-electron chi connectivity index (χ4n) is 3.25. The van der Waals surface area contributed by atoms with E-state index in [0.29, 0.717) is 34.1 Å². The zero-order chi connectivity index (χ0) is 16.0. The van der Waals surface area contributed by atoms with Gasteiger partial charge in [0.2, 0.25) is 0 Å². The van der Waals surface area contributed by atoms with Gasteiger partial charge in [0.15, 0.2) is 10.8 Å². The predicted octanol–water partition coefficient (Wildman–Crippen LogP) is 3.20. The molecule has 1 spiro atoms. The zero-order valence-electron chi connectivity index (χ0n) is 13.0. The van der Waals surface area contributed by atoms with Crippen molar-refractivity contribution in [1.29, 1.82) is 0 Å². The van der Waals surface area contributed by atoms with Crippen molar-refractivity contribution in [3.8, 4) is 0 Å². The minimum atomic E-state index is 0.412. The first-order valence-corrected chi connectivity index (χ1v) is 8.84. The van der Waals surface area contributed by atoms with Gasteiger partial charge in [-0.05, 0) is 24.8 Å². The monoisotopic (exact) mass is 351 g/mol. The molecule has 2 aromatic rings. The molecule has 6 nitrogen and oxygen atoms in total. The number of anilines is 1. The summed E-state index contributed by atoms with van der Waals surface area (Å²) in [4.78, 5) is 15.2. The Labute approximate surface area is 143 Å². The standard InChI is InChI=1S/C15H18ClN5OS/c1-9-6-15(9)3-4-21(15)8-22-13(17-2)20-14-19-12-11(23-14)5-10(16)7-18-12/h5,7,9H,3-4,6,8H2,1-2H3,(H,17,18,19,20). The number of fused-ring (bicyclic) bond motifs is 1. The molecule has 0 radical (unpaired) electrons. The third-order valence-corrected chi connectivity index (χ3v) is 5.96. The van der Waals surface area contributed by atoms with Crippen LogP contribution in [0.1, 0.15) is 19.8 Å². The van der Waals surface area contributed by atoms with Crippen molar-refractivity contribution in [2.45, 2.75) is 25.3 Å². The highest BCUT2D eigenvalue weighted by atomic mass is 35.5. The Morgan fingerprint density at radius 1 is 1.65 bits per heavy atom. The van der Waals surface area contributed by atoms with Gasteiger partial charge in [0.1, 0.15) is 6.73 Å². The summed E-state index contributed by atoms with van der Waals surface area (Å²) in [6, 6.07) is 2.33. The molecule has 3 heterocycles. The lowest BCUT2D eigenvalue weighted by molar-refractivity contribution is -0.0144. The second-order valence-corrected chi connectivity index (χ2v) is 7.61. The molecule has 23 heavy (non-hydrogen) atoms. The average molecular weight is 352 g/mol. The number of aliphatic imine (C=N–C) groups is 1. The van der Waals surface area contributed by atoms with E-state index in [1.54, 1.807) is 13.2 Å². The molecule has 1 saturated heterocycles. The molecule has 2 fully saturated rings. The van der Waals surface area contributed by atoms with Crippen LogP contribution < -0.4 is 5.32 Å². The van der Waals surface area contributed by atoms with Crippen molar-refractivity contribution in [3.05, 3.63) is 17.3 Å². The molecule has 1 aliphatic carbocycles. The normalized spacial score (nSPS) is 27.3. The quantitative estimate of drug-likeness (QED) is 0.679. The smallest absolute Gasteiger partial charge is 0.292 e. The molecule has 2 unspecified atom stereocenters. The Balaban J connectivity index is 1.39. The average Bonchev–Trinajstić information content (AvgIpc) is 3.07. The minimum absolute atomic E-state index is 0.412. The largest absolute Gasteiger partial charge is 0.449 e. The number of nitrogens with one attached hydrogen (secondary N) is 1. The van der Waals surface area contributed by atoms with Crippen molar-refractivity contribution >= 4 is 44.4 Å². The van der Waals surface area contributed by atoms with Crippen LogP contribution in [0.3, 0.4) is 0 Å². The van der Waals surface area contributed by atoms with E-state index in [9.17, 15) is 0 Å². The molecule has 1 saturated carbocycles. The van der Waals surface area contributed by atoms with E-state index in [0.717, 1.165) is 17.2 Å². The van der Waals surface area contributed by atoms with Gasteiger partial charge < -0.3 is 4.74 Å². The fourth-order valence-corrected chi connectivity index (χ4v) is 4.32. The van der Waals surface area contributed by atoms with E-state index < -0.39 is 0 Å². The SMILES string of the molecule is CN=C(Nc1nc2ncc(Cl)cc2s1)OCN1CCC12CC2C. The molecule has 122 valence electrons. The third kappa shape index (κ3) is 2.66. The van der Waals surface area contributed by atoms with Crippen LogP contribution in [0, 0.1) is 5.92 Å². The maximum atomic E-state index is 5.95. The van der Waals surface area contributed by atoms with Gasteiger partial charge in [0.25, 0.3) is 6.02 Å². The van der Waals surface area contributed by atoms with Gasteiger partial charge >= 0.3 is 0 Å². The lowest BCUT2D eigenvalue weighted by atomic mass is 9.99. The number of nitrogens with zero attached hydrogens (tertiary/aromatic N) is 4. The first-order chi connectivity index (χ1) is 11.1. The Kier molecular flexibility index (Phi) is 3.66. The van der Waals surface area contributed by atoms with Crippen LogP contribution in [0.5, 0.6) is 0 Å². The van der Waals surface area contributed by atoms with Crippen molar-refractivity contribution in [1.82, 2.24) is 14.9 Å². The number of ether oxygens (including phenoxy) is 1. The number of likely N-dealkylation sites (tertiary alicyclic amines) is 1. The predicted molar refractivity (Wildman–Crippen MR) is 93.2 cm³/mol. The van der Waals surface area contributed by atoms with Crippen LogP contribution in [0.4, 0.5) is 5.13 Å². The van der Waals surface area contributed by atoms with Crippen molar-refractivity contribution < 1.29 is 4.74 Å². The summed E-state index contributed by atoms with van der Waals surface area (Å²) in [5, 5.41) is 4.43. The summed E-state index contributed by atoms with van der Waals surface area (Å²) < 4.78 is 6.76. The second-order valence-electron chi connectivity index (χ2n) is 6.14. The first kappa shape index (κ1) is 15.1. The van der Waals surface area contributed by atoms with Gasteiger partial charge in [0.05, 0.1) is 9.72 Å². The maximum absolute atomic E-state index is 5.95. The van der Waals surface area contributed by atoms with Crippen molar-refractivity contribution in [3.63, 3.8) is 0 Å². The molecule has 8 heteroatoms. The third-order valence-electron chi connectivity index (χ3n) is 4.85. The number of pyridine rings is 1. The molecule has 1 N–H and O–H groups in total. The highest BCUT2D eigenvalue weighted by molar-refractivity contribution is 7.22. The molecule has 4 rings (SSSR count). The molecule has 0 bridgehead atoms. The number of amidine groups is 1. The van der Waals surface area contributed by atoms with E-state index in [2.05, 4.69) is 32.1 Å². The molecule has 2 atom stereocenters. The summed E-state index contributed by atoms with van der Waals surface area (Å²) >= 11 is 7.43. The summed E-state index contributed by atoms with van der Waals surface area (Å²) in [7, 11) is 1.70. The lowest BCUT2D eigenvalue weighted by Gasteiger charge is -2.42. The number of rotatable bonds is 3. The number of hydrogen-bond acceptors (Lipinski definition) is 6. The number of halogens is 1.